The van der Waals surface area contributed by atoms with Crippen LogP contribution in [0.3, 0.4) is 0 Å². The number of carbonyl (C=O) groups excluding carboxylic acids is 1. The molecule has 1 aromatic carbocycles. The summed E-state index contributed by atoms with van der Waals surface area (Å²) in [5.41, 5.74) is 1.13. The number of ether oxygens (including phenoxy) is 1. The largest absolute Gasteiger partial charge is 0.496 e. The van der Waals surface area contributed by atoms with Gasteiger partial charge in [0.2, 0.25) is 0 Å². The van der Waals surface area contributed by atoms with Gasteiger partial charge >= 0.3 is 0 Å². The third-order valence-electron chi connectivity index (χ3n) is 2.55. The van der Waals surface area contributed by atoms with Gasteiger partial charge in [0, 0.05) is 5.69 Å². The molecule has 1 aromatic rings. The summed E-state index contributed by atoms with van der Waals surface area (Å²) in [4.78, 5) is 11.7. The first-order valence-electron chi connectivity index (χ1n) is 5.44. The van der Waals surface area contributed by atoms with E-state index in [9.17, 15) is 9.90 Å². The predicted octanol–water partition coefficient (Wildman–Crippen LogP) is 2.02. The Bertz CT molecular complexity index is 433. The van der Waals surface area contributed by atoms with E-state index in [4.69, 9.17) is 4.74 Å². The number of hydrogen-bond donors (Lipinski definition) is 2. The number of benzene rings is 1. The van der Waals surface area contributed by atoms with Gasteiger partial charge in [-0.3, -0.25) is 4.79 Å². The molecule has 0 heterocycles. The van der Waals surface area contributed by atoms with Crippen molar-refractivity contribution in [1.82, 2.24) is 0 Å². The molecular formula is C13H19NO3. The van der Waals surface area contributed by atoms with Crippen molar-refractivity contribution in [2.24, 2.45) is 0 Å². The molecule has 0 unspecified atom stereocenters. The number of aliphatic hydroxyl groups is 1. The van der Waals surface area contributed by atoms with Gasteiger partial charge in [-0.05, 0) is 51.0 Å². The summed E-state index contributed by atoms with van der Waals surface area (Å²) >= 11 is 0. The second-order valence-corrected chi connectivity index (χ2v) is 4.65. The van der Waals surface area contributed by atoms with E-state index < -0.39 is 11.5 Å². The van der Waals surface area contributed by atoms with Crippen LogP contribution in [-0.2, 0) is 4.79 Å². The second kappa shape index (κ2) is 4.75. The first kappa shape index (κ1) is 13.5. The molecule has 0 fully saturated rings. The molecule has 2 N–H and O–H groups in total. The highest BCUT2D eigenvalue weighted by Crippen LogP contribution is 2.26. The quantitative estimate of drug-likeness (QED) is 0.845. The van der Waals surface area contributed by atoms with Crippen molar-refractivity contribution in [3.05, 3.63) is 23.3 Å². The third-order valence-corrected chi connectivity index (χ3v) is 2.55. The van der Waals surface area contributed by atoms with Crippen LogP contribution in [0, 0.1) is 13.8 Å². The van der Waals surface area contributed by atoms with Crippen LogP contribution in [-0.4, -0.2) is 23.7 Å². The van der Waals surface area contributed by atoms with Crippen molar-refractivity contribution in [2.45, 2.75) is 33.3 Å². The van der Waals surface area contributed by atoms with E-state index in [0.717, 1.165) is 16.9 Å². The van der Waals surface area contributed by atoms with Crippen LogP contribution in [0.1, 0.15) is 25.0 Å². The Kier molecular flexibility index (Phi) is 3.78. The number of amides is 1. The number of carbonyl (C=O) groups is 1. The van der Waals surface area contributed by atoms with Crippen molar-refractivity contribution in [3.63, 3.8) is 0 Å². The normalized spacial score (nSPS) is 11.2. The molecule has 0 aliphatic rings. The predicted molar refractivity (Wildman–Crippen MR) is 67.4 cm³/mol. The number of nitrogens with one attached hydrogen (secondary N) is 1. The first-order chi connectivity index (χ1) is 7.75. The average Bonchev–Trinajstić information content (AvgIpc) is 2.21. The van der Waals surface area contributed by atoms with Crippen LogP contribution in [0.5, 0.6) is 5.75 Å². The van der Waals surface area contributed by atoms with Crippen LogP contribution >= 0.6 is 0 Å². The minimum absolute atomic E-state index is 0.426. The average molecular weight is 237 g/mol. The van der Waals surface area contributed by atoms with Crippen molar-refractivity contribution in [1.29, 1.82) is 0 Å². The maximum absolute atomic E-state index is 11.7. The zero-order valence-corrected chi connectivity index (χ0v) is 10.9. The summed E-state index contributed by atoms with van der Waals surface area (Å²) in [6, 6.07) is 3.69. The van der Waals surface area contributed by atoms with Crippen molar-refractivity contribution >= 4 is 11.6 Å². The number of rotatable bonds is 3. The number of aryl methyl sites for hydroxylation is 2. The molecular weight excluding hydrogens is 218 g/mol. The Morgan fingerprint density at radius 2 is 1.88 bits per heavy atom. The molecule has 0 aromatic heterocycles. The first-order valence-corrected chi connectivity index (χ1v) is 5.44. The molecule has 0 aliphatic heterocycles. The van der Waals surface area contributed by atoms with E-state index in [-0.39, 0.29) is 0 Å². The van der Waals surface area contributed by atoms with E-state index in [1.807, 2.05) is 26.0 Å². The minimum Gasteiger partial charge on any atom is -0.496 e. The van der Waals surface area contributed by atoms with Gasteiger partial charge in [0.1, 0.15) is 11.4 Å². The van der Waals surface area contributed by atoms with Crippen LogP contribution in [0.15, 0.2) is 12.1 Å². The summed E-state index contributed by atoms with van der Waals surface area (Å²) in [7, 11) is 1.61. The van der Waals surface area contributed by atoms with Gasteiger partial charge in [-0.15, -0.1) is 0 Å². The zero-order chi connectivity index (χ0) is 13.2. The summed E-state index contributed by atoms with van der Waals surface area (Å²) in [5.74, 6) is 0.355. The zero-order valence-electron chi connectivity index (χ0n) is 10.9. The molecule has 4 nitrogen and oxygen atoms in total. The summed E-state index contributed by atoms with van der Waals surface area (Å²) in [5, 5.41) is 12.3. The van der Waals surface area contributed by atoms with Crippen LogP contribution < -0.4 is 10.1 Å². The highest BCUT2D eigenvalue weighted by molar-refractivity contribution is 5.97. The second-order valence-electron chi connectivity index (χ2n) is 4.65. The van der Waals surface area contributed by atoms with Gasteiger partial charge in [0.15, 0.2) is 0 Å². The lowest BCUT2D eigenvalue weighted by atomic mass is 10.1. The smallest absolute Gasteiger partial charge is 0.255 e. The highest BCUT2D eigenvalue weighted by Gasteiger charge is 2.24. The topological polar surface area (TPSA) is 58.6 Å². The Hall–Kier alpha value is -1.55. The lowest BCUT2D eigenvalue weighted by Crippen LogP contribution is -2.36. The molecule has 4 heteroatoms. The maximum atomic E-state index is 11.7. The van der Waals surface area contributed by atoms with E-state index in [1.54, 1.807) is 7.11 Å². The monoisotopic (exact) mass is 237 g/mol. The van der Waals surface area contributed by atoms with E-state index in [0.29, 0.717) is 5.69 Å². The van der Waals surface area contributed by atoms with Gasteiger partial charge < -0.3 is 15.2 Å². The third kappa shape index (κ3) is 3.20. The van der Waals surface area contributed by atoms with Gasteiger partial charge in [-0.25, -0.2) is 0 Å². The fourth-order valence-corrected chi connectivity index (χ4v) is 1.42. The lowest BCUT2D eigenvalue weighted by molar-refractivity contribution is -0.130. The Morgan fingerprint density at radius 1 is 1.29 bits per heavy atom. The molecule has 0 saturated carbocycles. The number of anilines is 1. The van der Waals surface area contributed by atoms with Gasteiger partial charge in [0.05, 0.1) is 7.11 Å². The molecule has 0 saturated heterocycles. The molecule has 0 atom stereocenters. The molecule has 1 amide bonds. The van der Waals surface area contributed by atoms with E-state index in [1.165, 1.54) is 13.8 Å². The number of methoxy groups -OCH3 is 1. The molecule has 0 spiro atoms. The van der Waals surface area contributed by atoms with Gasteiger partial charge in [-0.2, -0.15) is 0 Å². The van der Waals surface area contributed by atoms with Crippen LogP contribution in [0.2, 0.25) is 0 Å². The maximum Gasteiger partial charge on any atom is 0.255 e. The fraction of sp³-hybridized carbons (Fsp3) is 0.462. The van der Waals surface area contributed by atoms with E-state index in [2.05, 4.69) is 5.32 Å². The van der Waals surface area contributed by atoms with Gasteiger partial charge in [0.25, 0.3) is 5.91 Å². The van der Waals surface area contributed by atoms with Crippen molar-refractivity contribution in [2.75, 3.05) is 12.4 Å². The lowest BCUT2D eigenvalue weighted by Gasteiger charge is -2.18. The Balaban J connectivity index is 3.01. The Labute approximate surface area is 102 Å². The molecule has 17 heavy (non-hydrogen) atoms. The molecule has 94 valence electrons. The van der Waals surface area contributed by atoms with Crippen molar-refractivity contribution in [3.8, 4) is 5.75 Å². The Morgan fingerprint density at radius 3 is 2.35 bits per heavy atom. The van der Waals surface area contributed by atoms with Crippen LogP contribution in [0.4, 0.5) is 5.69 Å². The standard InChI is InChI=1S/C13H19NO3/c1-8-7-11(17-5)9(2)6-10(8)14-12(15)13(3,4)16/h6-7,16H,1-5H3,(H,14,15). The molecule has 1 rings (SSSR count). The summed E-state index contributed by atoms with van der Waals surface area (Å²) in [6.45, 7) is 6.68. The summed E-state index contributed by atoms with van der Waals surface area (Å²) in [6.07, 6.45) is 0. The molecule has 0 aliphatic carbocycles. The minimum atomic E-state index is -1.39. The fourth-order valence-electron chi connectivity index (χ4n) is 1.42. The highest BCUT2D eigenvalue weighted by atomic mass is 16.5. The van der Waals surface area contributed by atoms with E-state index >= 15 is 0 Å². The van der Waals surface area contributed by atoms with Crippen molar-refractivity contribution < 1.29 is 14.6 Å². The van der Waals surface area contributed by atoms with Crippen LogP contribution in [0.25, 0.3) is 0 Å². The SMILES string of the molecule is COc1cc(C)c(NC(=O)C(C)(C)O)cc1C. The summed E-state index contributed by atoms with van der Waals surface area (Å²) < 4.78 is 5.19. The molecule has 0 bridgehead atoms. The number of hydrogen-bond acceptors (Lipinski definition) is 3. The van der Waals surface area contributed by atoms with Gasteiger partial charge in [-0.1, -0.05) is 0 Å². The molecule has 0 radical (unpaired) electrons.